The Balaban J connectivity index is 1.98. The van der Waals surface area contributed by atoms with Gasteiger partial charge in [0.15, 0.2) is 0 Å². The predicted octanol–water partition coefficient (Wildman–Crippen LogP) is 2.15. The lowest BCUT2D eigenvalue weighted by atomic mass is 10.2. The minimum atomic E-state index is -3.32. The fourth-order valence-electron chi connectivity index (χ4n) is 2.08. The summed E-state index contributed by atoms with van der Waals surface area (Å²) in [6, 6.07) is 4.52. The van der Waals surface area contributed by atoms with E-state index in [1.54, 1.807) is 23.9 Å². The number of nitro groups is 1. The van der Waals surface area contributed by atoms with Gasteiger partial charge in [0.25, 0.3) is 5.69 Å². The summed E-state index contributed by atoms with van der Waals surface area (Å²) in [5.74, 6) is 1.54. The zero-order valence-corrected chi connectivity index (χ0v) is 14.9. The maximum Gasteiger partial charge on any atom is 0.292 e. The Morgan fingerprint density at radius 2 is 2.05 bits per heavy atom. The summed E-state index contributed by atoms with van der Waals surface area (Å²) in [6.07, 6.45) is 0. The molecule has 1 heterocycles. The molecule has 0 radical (unpaired) electrons. The highest BCUT2D eigenvalue weighted by Gasteiger charge is 2.24. The second-order valence-electron chi connectivity index (χ2n) is 4.67. The first-order valence-electron chi connectivity index (χ1n) is 6.63. The molecule has 1 aromatic carbocycles. The molecule has 0 saturated carbocycles. The third kappa shape index (κ3) is 4.58. The molecule has 0 aromatic heterocycles. The van der Waals surface area contributed by atoms with E-state index >= 15 is 0 Å². The second kappa shape index (κ2) is 7.62. The Hall–Kier alpha value is -0.840. The Morgan fingerprint density at radius 1 is 1.36 bits per heavy atom. The van der Waals surface area contributed by atoms with Crippen LogP contribution in [0.5, 0.6) is 0 Å². The van der Waals surface area contributed by atoms with Crippen molar-refractivity contribution in [3.05, 3.63) is 32.8 Å². The number of hydrogen-bond donors (Lipinski definition) is 1. The van der Waals surface area contributed by atoms with E-state index in [1.807, 2.05) is 0 Å². The number of thioether (sulfide) groups is 1. The van der Waals surface area contributed by atoms with Crippen LogP contribution >= 0.6 is 27.7 Å². The number of nitro benzene ring substituents is 1. The standard InChI is InChI=1S/C12H16BrN3O4S2/c13-10-1-2-12(16(17)18)11(9-10)14-3-8-22(19,20)15-4-6-21-7-5-15/h1-2,9,14H,3-8H2. The van der Waals surface area contributed by atoms with Gasteiger partial charge in [-0.2, -0.15) is 11.8 Å². The summed E-state index contributed by atoms with van der Waals surface area (Å²) in [5, 5.41) is 13.8. The molecule has 0 spiro atoms. The lowest BCUT2D eigenvalue weighted by Crippen LogP contribution is -2.40. The Morgan fingerprint density at radius 3 is 2.68 bits per heavy atom. The third-order valence-electron chi connectivity index (χ3n) is 3.19. The molecule has 1 aliphatic rings. The van der Waals surface area contributed by atoms with Gasteiger partial charge in [-0.25, -0.2) is 12.7 Å². The summed E-state index contributed by atoms with van der Waals surface area (Å²) in [7, 11) is -3.32. The predicted molar refractivity (Wildman–Crippen MR) is 92.0 cm³/mol. The monoisotopic (exact) mass is 409 g/mol. The van der Waals surface area contributed by atoms with Crippen LogP contribution in [0, 0.1) is 10.1 Å². The van der Waals surface area contributed by atoms with E-state index in [1.165, 1.54) is 10.4 Å². The maximum absolute atomic E-state index is 12.2. The van der Waals surface area contributed by atoms with Gasteiger partial charge in [0.05, 0.1) is 10.7 Å². The Bertz CT molecular complexity index is 648. The molecule has 1 saturated heterocycles. The number of halogens is 1. The smallest absolute Gasteiger partial charge is 0.292 e. The molecular weight excluding hydrogens is 394 g/mol. The third-order valence-corrected chi connectivity index (χ3v) is 6.50. The fourth-order valence-corrected chi connectivity index (χ4v) is 4.93. The van der Waals surface area contributed by atoms with Gasteiger partial charge in [0.2, 0.25) is 10.0 Å². The van der Waals surface area contributed by atoms with Crippen molar-refractivity contribution in [1.82, 2.24) is 4.31 Å². The van der Waals surface area contributed by atoms with E-state index in [2.05, 4.69) is 21.2 Å². The molecule has 22 heavy (non-hydrogen) atoms. The van der Waals surface area contributed by atoms with Crippen molar-refractivity contribution >= 4 is 49.1 Å². The Labute approximate surface area is 141 Å². The maximum atomic E-state index is 12.2. The molecule has 122 valence electrons. The zero-order chi connectivity index (χ0) is 16.2. The zero-order valence-electron chi connectivity index (χ0n) is 11.7. The van der Waals surface area contributed by atoms with Crippen LogP contribution in [0.2, 0.25) is 0 Å². The van der Waals surface area contributed by atoms with Gasteiger partial charge in [-0.05, 0) is 12.1 Å². The van der Waals surface area contributed by atoms with Crippen molar-refractivity contribution < 1.29 is 13.3 Å². The number of sulfonamides is 1. The van der Waals surface area contributed by atoms with Gasteiger partial charge in [0, 0.05) is 41.7 Å². The molecule has 1 aromatic rings. The molecule has 0 atom stereocenters. The van der Waals surface area contributed by atoms with Crippen molar-refractivity contribution in [2.24, 2.45) is 0 Å². The van der Waals surface area contributed by atoms with Crippen LogP contribution in [0.3, 0.4) is 0 Å². The first-order chi connectivity index (χ1) is 10.4. The fraction of sp³-hybridized carbons (Fsp3) is 0.500. The molecule has 2 rings (SSSR count). The second-order valence-corrected chi connectivity index (χ2v) is 8.90. The number of rotatable bonds is 6. The summed E-state index contributed by atoms with van der Waals surface area (Å²) < 4.78 is 26.6. The van der Waals surface area contributed by atoms with Crippen LogP contribution in [-0.4, -0.2) is 54.5 Å². The lowest BCUT2D eigenvalue weighted by Gasteiger charge is -2.25. The van der Waals surface area contributed by atoms with Gasteiger partial charge < -0.3 is 5.32 Å². The van der Waals surface area contributed by atoms with Crippen LogP contribution in [0.1, 0.15) is 0 Å². The van der Waals surface area contributed by atoms with Crippen molar-refractivity contribution in [1.29, 1.82) is 0 Å². The highest BCUT2D eigenvalue weighted by atomic mass is 79.9. The molecule has 10 heteroatoms. The van der Waals surface area contributed by atoms with Crippen molar-refractivity contribution in [2.45, 2.75) is 0 Å². The topological polar surface area (TPSA) is 92.5 Å². The minimum absolute atomic E-state index is 0.0741. The van der Waals surface area contributed by atoms with Gasteiger partial charge in [-0.3, -0.25) is 10.1 Å². The molecule has 7 nitrogen and oxygen atoms in total. The quantitative estimate of drug-likeness (QED) is 0.571. The van der Waals surface area contributed by atoms with Crippen LogP contribution in [0.4, 0.5) is 11.4 Å². The first-order valence-corrected chi connectivity index (χ1v) is 10.2. The molecule has 0 aliphatic carbocycles. The summed E-state index contributed by atoms with van der Waals surface area (Å²) >= 11 is 4.99. The van der Waals surface area contributed by atoms with E-state index < -0.39 is 14.9 Å². The average molecular weight is 410 g/mol. The van der Waals surface area contributed by atoms with Gasteiger partial charge in [-0.15, -0.1) is 0 Å². The number of nitrogens with one attached hydrogen (secondary N) is 1. The molecular formula is C12H16BrN3O4S2. The summed E-state index contributed by atoms with van der Waals surface area (Å²) in [4.78, 5) is 10.5. The molecule has 0 amide bonds. The largest absolute Gasteiger partial charge is 0.378 e. The summed E-state index contributed by atoms with van der Waals surface area (Å²) in [5.41, 5.74) is 0.235. The van der Waals surface area contributed by atoms with Gasteiger partial charge in [0.1, 0.15) is 5.69 Å². The van der Waals surface area contributed by atoms with Gasteiger partial charge in [-0.1, -0.05) is 15.9 Å². The van der Waals surface area contributed by atoms with Crippen molar-refractivity contribution in [2.75, 3.05) is 42.2 Å². The molecule has 1 N–H and O–H groups in total. The molecule has 1 fully saturated rings. The van der Waals surface area contributed by atoms with Crippen molar-refractivity contribution in [3.63, 3.8) is 0 Å². The van der Waals surface area contributed by atoms with E-state index in [4.69, 9.17) is 0 Å². The van der Waals surface area contributed by atoms with E-state index in [-0.39, 0.29) is 18.0 Å². The average Bonchev–Trinajstić information content (AvgIpc) is 2.48. The lowest BCUT2D eigenvalue weighted by molar-refractivity contribution is -0.384. The number of benzene rings is 1. The minimum Gasteiger partial charge on any atom is -0.378 e. The number of nitrogens with zero attached hydrogens (tertiary/aromatic N) is 2. The number of anilines is 1. The van der Waals surface area contributed by atoms with E-state index in [9.17, 15) is 18.5 Å². The molecule has 1 aliphatic heterocycles. The number of hydrogen-bond acceptors (Lipinski definition) is 6. The van der Waals surface area contributed by atoms with Crippen LogP contribution in [0.15, 0.2) is 22.7 Å². The highest BCUT2D eigenvalue weighted by molar-refractivity contribution is 9.10. The first kappa shape index (κ1) is 17.5. The highest BCUT2D eigenvalue weighted by Crippen LogP contribution is 2.27. The van der Waals surface area contributed by atoms with Crippen LogP contribution in [-0.2, 0) is 10.0 Å². The van der Waals surface area contributed by atoms with E-state index in [0.29, 0.717) is 23.2 Å². The molecule has 0 unspecified atom stereocenters. The van der Waals surface area contributed by atoms with Crippen LogP contribution in [0.25, 0.3) is 0 Å². The SMILES string of the molecule is O=[N+]([O-])c1ccc(Br)cc1NCCS(=O)(=O)N1CCSCC1. The summed E-state index contributed by atoms with van der Waals surface area (Å²) in [6.45, 7) is 1.19. The Kier molecular flexibility index (Phi) is 6.07. The van der Waals surface area contributed by atoms with Crippen LogP contribution < -0.4 is 5.32 Å². The van der Waals surface area contributed by atoms with Crippen molar-refractivity contribution in [3.8, 4) is 0 Å². The van der Waals surface area contributed by atoms with E-state index in [0.717, 1.165) is 11.5 Å². The normalized spacial score (nSPS) is 16.4. The molecule has 0 bridgehead atoms. The van der Waals surface area contributed by atoms with Gasteiger partial charge >= 0.3 is 0 Å².